The standard InChI is InChI=1S/C14H24N4O3S/c1-9(2)8-11(15-10(3)19)12(20)13-16-17-14(21-13)22-7-6-18(4)5/h9,11H,6-8H2,1-5H3,(H,15,19). The summed E-state index contributed by atoms with van der Waals surface area (Å²) >= 11 is 1.40. The highest BCUT2D eigenvalue weighted by Crippen LogP contribution is 2.18. The number of rotatable bonds is 9. The van der Waals surface area contributed by atoms with E-state index in [1.165, 1.54) is 18.7 Å². The highest BCUT2D eigenvalue weighted by Gasteiger charge is 2.26. The molecular weight excluding hydrogens is 304 g/mol. The van der Waals surface area contributed by atoms with Crippen molar-refractivity contribution >= 4 is 23.5 Å². The lowest BCUT2D eigenvalue weighted by Crippen LogP contribution is -2.40. The Hall–Kier alpha value is -1.41. The van der Waals surface area contributed by atoms with Gasteiger partial charge in [0.15, 0.2) is 0 Å². The molecular formula is C14H24N4O3S. The second-order valence-corrected chi connectivity index (χ2v) is 6.82. The van der Waals surface area contributed by atoms with E-state index in [0.717, 1.165) is 12.3 Å². The van der Waals surface area contributed by atoms with E-state index < -0.39 is 6.04 Å². The number of hydrogen-bond donors (Lipinski definition) is 1. The number of nitrogens with one attached hydrogen (secondary N) is 1. The lowest BCUT2D eigenvalue weighted by molar-refractivity contribution is -0.119. The van der Waals surface area contributed by atoms with E-state index in [1.54, 1.807) is 0 Å². The Labute approximate surface area is 135 Å². The first-order chi connectivity index (χ1) is 10.3. The molecule has 0 fully saturated rings. The average Bonchev–Trinajstić information content (AvgIpc) is 2.84. The molecule has 0 aliphatic heterocycles. The number of nitrogens with zero attached hydrogens (tertiary/aromatic N) is 3. The molecule has 1 amide bonds. The number of aromatic nitrogens is 2. The lowest BCUT2D eigenvalue weighted by Gasteiger charge is -2.16. The summed E-state index contributed by atoms with van der Waals surface area (Å²) < 4.78 is 5.39. The van der Waals surface area contributed by atoms with E-state index in [9.17, 15) is 9.59 Å². The average molecular weight is 328 g/mol. The van der Waals surface area contributed by atoms with Gasteiger partial charge in [-0.2, -0.15) is 0 Å². The zero-order chi connectivity index (χ0) is 16.7. The molecule has 0 saturated carbocycles. The third kappa shape index (κ3) is 6.57. The van der Waals surface area contributed by atoms with Crippen molar-refractivity contribution in [2.75, 3.05) is 26.4 Å². The first kappa shape index (κ1) is 18.6. The van der Waals surface area contributed by atoms with Crippen molar-refractivity contribution in [2.45, 2.75) is 38.5 Å². The molecule has 0 aliphatic rings. The Bertz CT molecular complexity index is 502. The van der Waals surface area contributed by atoms with Crippen LogP contribution in [0.1, 0.15) is 37.9 Å². The Morgan fingerprint density at radius 1 is 1.32 bits per heavy atom. The molecule has 1 N–H and O–H groups in total. The second-order valence-electron chi connectivity index (χ2n) is 5.77. The fraction of sp³-hybridized carbons (Fsp3) is 0.714. The van der Waals surface area contributed by atoms with Crippen molar-refractivity contribution in [3.63, 3.8) is 0 Å². The Morgan fingerprint density at radius 3 is 2.55 bits per heavy atom. The molecule has 8 heteroatoms. The second kappa shape index (κ2) is 8.89. The van der Waals surface area contributed by atoms with Gasteiger partial charge in [-0.05, 0) is 26.4 Å². The molecule has 0 radical (unpaired) electrons. The van der Waals surface area contributed by atoms with Gasteiger partial charge in [0, 0.05) is 19.2 Å². The van der Waals surface area contributed by atoms with E-state index in [0.29, 0.717) is 11.6 Å². The summed E-state index contributed by atoms with van der Waals surface area (Å²) in [4.78, 5) is 25.7. The molecule has 1 aromatic heterocycles. The largest absolute Gasteiger partial charge is 0.408 e. The van der Waals surface area contributed by atoms with Gasteiger partial charge in [0.1, 0.15) is 0 Å². The molecule has 0 spiro atoms. The highest BCUT2D eigenvalue weighted by molar-refractivity contribution is 7.99. The van der Waals surface area contributed by atoms with Crippen LogP contribution in [0.25, 0.3) is 0 Å². The summed E-state index contributed by atoms with van der Waals surface area (Å²) in [6.45, 7) is 6.23. The summed E-state index contributed by atoms with van der Waals surface area (Å²) in [5, 5.41) is 10.7. The monoisotopic (exact) mass is 328 g/mol. The quantitative estimate of drug-likeness (QED) is 0.542. The topological polar surface area (TPSA) is 88.3 Å². The Balaban J connectivity index is 2.69. The van der Waals surface area contributed by atoms with E-state index in [4.69, 9.17) is 4.42 Å². The zero-order valence-corrected chi connectivity index (χ0v) is 14.6. The van der Waals surface area contributed by atoms with Crippen LogP contribution >= 0.6 is 11.8 Å². The molecule has 0 aliphatic carbocycles. The predicted octanol–water partition coefficient (Wildman–Crippen LogP) is 1.46. The van der Waals surface area contributed by atoms with Crippen molar-refractivity contribution < 1.29 is 14.0 Å². The van der Waals surface area contributed by atoms with Crippen LogP contribution in [0, 0.1) is 5.92 Å². The SMILES string of the molecule is CC(=O)NC(CC(C)C)C(=O)c1nnc(SCCN(C)C)o1. The maximum absolute atomic E-state index is 12.4. The van der Waals surface area contributed by atoms with Gasteiger partial charge in [0.05, 0.1) is 6.04 Å². The van der Waals surface area contributed by atoms with Crippen molar-refractivity contribution in [3.8, 4) is 0 Å². The van der Waals surface area contributed by atoms with E-state index in [2.05, 4.69) is 15.5 Å². The number of thioether (sulfide) groups is 1. The summed E-state index contributed by atoms with van der Waals surface area (Å²) in [6, 6.07) is -0.627. The molecule has 124 valence electrons. The molecule has 0 saturated heterocycles. The summed E-state index contributed by atoms with van der Waals surface area (Å²) in [6.07, 6.45) is 0.532. The minimum atomic E-state index is -0.627. The zero-order valence-electron chi connectivity index (χ0n) is 13.8. The number of hydrogen-bond acceptors (Lipinski definition) is 7. The lowest BCUT2D eigenvalue weighted by atomic mass is 10.00. The van der Waals surface area contributed by atoms with Crippen molar-refractivity contribution in [2.24, 2.45) is 5.92 Å². The molecule has 0 bridgehead atoms. The number of ketones is 1. The van der Waals surface area contributed by atoms with Crippen LogP contribution in [0.2, 0.25) is 0 Å². The number of Topliss-reactive ketones (excluding diaryl/α,β-unsaturated/α-hetero) is 1. The van der Waals surface area contributed by atoms with Crippen LogP contribution in [-0.2, 0) is 4.79 Å². The van der Waals surface area contributed by atoms with Gasteiger partial charge in [0.2, 0.25) is 11.7 Å². The number of amides is 1. The van der Waals surface area contributed by atoms with Gasteiger partial charge in [-0.3, -0.25) is 9.59 Å². The van der Waals surface area contributed by atoms with Crippen LogP contribution in [-0.4, -0.2) is 59.2 Å². The summed E-state index contributed by atoms with van der Waals surface area (Å²) in [5.74, 6) is 0.420. The minimum absolute atomic E-state index is 0.0493. The normalized spacial score (nSPS) is 12.7. The van der Waals surface area contributed by atoms with E-state index in [1.807, 2.05) is 32.8 Å². The van der Waals surface area contributed by atoms with Crippen molar-refractivity contribution in [3.05, 3.63) is 5.89 Å². The van der Waals surface area contributed by atoms with Crippen LogP contribution in [0.5, 0.6) is 0 Å². The van der Waals surface area contributed by atoms with Gasteiger partial charge in [-0.15, -0.1) is 10.2 Å². The van der Waals surface area contributed by atoms with Gasteiger partial charge < -0.3 is 14.6 Å². The number of carbonyl (C=O) groups excluding carboxylic acids is 2. The molecule has 1 atom stereocenters. The van der Waals surface area contributed by atoms with Crippen molar-refractivity contribution in [1.82, 2.24) is 20.4 Å². The summed E-state index contributed by atoms with van der Waals surface area (Å²) in [7, 11) is 3.96. The van der Waals surface area contributed by atoms with Crippen LogP contribution in [0.4, 0.5) is 0 Å². The molecule has 7 nitrogen and oxygen atoms in total. The van der Waals surface area contributed by atoms with Gasteiger partial charge in [-0.1, -0.05) is 25.6 Å². The maximum Gasteiger partial charge on any atom is 0.286 e. The first-order valence-electron chi connectivity index (χ1n) is 7.22. The summed E-state index contributed by atoms with van der Waals surface area (Å²) in [5.41, 5.74) is 0. The predicted molar refractivity (Wildman–Crippen MR) is 85.0 cm³/mol. The smallest absolute Gasteiger partial charge is 0.286 e. The van der Waals surface area contributed by atoms with Crippen LogP contribution in [0.15, 0.2) is 9.64 Å². The molecule has 0 aromatic carbocycles. The Morgan fingerprint density at radius 2 is 2.00 bits per heavy atom. The third-order valence-electron chi connectivity index (χ3n) is 2.78. The fourth-order valence-corrected chi connectivity index (χ4v) is 2.65. The van der Waals surface area contributed by atoms with Crippen molar-refractivity contribution in [1.29, 1.82) is 0 Å². The molecule has 22 heavy (non-hydrogen) atoms. The molecule has 1 aromatic rings. The van der Waals surface area contributed by atoms with Gasteiger partial charge in [-0.25, -0.2) is 0 Å². The third-order valence-corrected chi connectivity index (χ3v) is 3.58. The molecule has 1 heterocycles. The highest BCUT2D eigenvalue weighted by atomic mass is 32.2. The molecule has 1 rings (SSSR count). The van der Waals surface area contributed by atoms with Crippen LogP contribution in [0.3, 0.4) is 0 Å². The minimum Gasteiger partial charge on any atom is -0.408 e. The first-order valence-corrected chi connectivity index (χ1v) is 8.20. The van der Waals surface area contributed by atoms with E-state index >= 15 is 0 Å². The number of carbonyl (C=O) groups is 2. The fourth-order valence-electron chi connectivity index (χ4n) is 1.78. The van der Waals surface area contributed by atoms with Gasteiger partial charge in [0.25, 0.3) is 11.1 Å². The molecule has 1 unspecified atom stereocenters. The van der Waals surface area contributed by atoms with Crippen LogP contribution < -0.4 is 5.32 Å². The maximum atomic E-state index is 12.4. The van der Waals surface area contributed by atoms with E-state index in [-0.39, 0.29) is 23.5 Å². The Kier molecular flexibility index (Phi) is 7.53. The van der Waals surface area contributed by atoms with Gasteiger partial charge >= 0.3 is 0 Å².